The van der Waals surface area contributed by atoms with Gasteiger partial charge in [-0.3, -0.25) is 10.1 Å². The Hall–Kier alpha value is -1.98. The van der Waals surface area contributed by atoms with Gasteiger partial charge in [0.15, 0.2) is 0 Å². The predicted molar refractivity (Wildman–Crippen MR) is 72.5 cm³/mol. The van der Waals surface area contributed by atoms with Crippen molar-refractivity contribution in [2.45, 2.75) is 31.1 Å². The second kappa shape index (κ2) is 6.98. The Morgan fingerprint density at radius 2 is 2.10 bits per heavy atom. The highest BCUT2D eigenvalue weighted by Gasteiger charge is 2.19. The Labute approximate surface area is 117 Å². The Balaban J connectivity index is 2.80. The summed E-state index contributed by atoms with van der Waals surface area (Å²) in [5.41, 5.74) is 0.181. The number of unbranched alkanes of at least 4 members (excludes halogenated alkanes) is 2. The summed E-state index contributed by atoms with van der Waals surface area (Å²) in [5.74, 6) is 0. The number of nitro groups is 1. The number of hydrogen-bond acceptors (Lipinski definition) is 5. The molecule has 0 aliphatic heterocycles. The van der Waals surface area contributed by atoms with Gasteiger partial charge in [-0.2, -0.15) is 5.26 Å². The maximum Gasteiger partial charge on any atom is 0.273 e. The lowest BCUT2D eigenvalue weighted by Crippen LogP contribution is -2.24. The average molecular weight is 297 g/mol. The zero-order chi connectivity index (χ0) is 15.2. The SMILES string of the molecule is Cc1ccc(S(=O)(=O)NCCCCC#N)cc1[N+](=O)[O-]. The molecule has 108 valence electrons. The normalized spacial score (nSPS) is 11.0. The van der Waals surface area contributed by atoms with Crippen LogP contribution in [-0.2, 0) is 10.0 Å². The van der Waals surface area contributed by atoms with Crippen molar-refractivity contribution >= 4 is 15.7 Å². The van der Waals surface area contributed by atoms with Crippen LogP contribution in [0.2, 0.25) is 0 Å². The van der Waals surface area contributed by atoms with Crippen molar-refractivity contribution in [1.82, 2.24) is 4.72 Å². The van der Waals surface area contributed by atoms with E-state index in [9.17, 15) is 18.5 Å². The minimum absolute atomic E-state index is 0.130. The quantitative estimate of drug-likeness (QED) is 0.469. The molecule has 0 bridgehead atoms. The lowest BCUT2D eigenvalue weighted by Gasteiger charge is -2.07. The lowest BCUT2D eigenvalue weighted by molar-refractivity contribution is -0.385. The molecule has 0 aliphatic rings. The first-order valence-corrected chi connectivity index (χ1v) is 7.48. The van der Waals surface area contributed by atoms with Gasteiger partial charge in [0, 0.05) is 24.6 Å². The van der Waals surface area contributed by atoms with Crippen LogP contribution in [0.15, 0.2) is 23.1 Å². The number of rotatable bonds is 7. The van der Waals surface area contributed by atoms with Gasteiger partial charge in [-0.1, -0.05) is 6.07 Å². The second-order valence-electron chi connectivity index (χ2n) is 4.22. The summed E-state index contributed by atoms with van der Waals surface area (Å²) in [6.07, 6.45) is 1.52. The third-order valence-corrected chi connectivity index (χ3v) is 4.15. The molecule has 1 N–H and O–H groups in total. The molecule has 0 aliphatic carbocycles. The van der Waals surface area contributed by atoms with Crippen LogP contribution >= 0.6 is 0 Å². The van der Waals surface area contributed by atoms with Crippen molar-refractivity contribution in [3.63, 3.8) is 0 Å². The zero-order valence-corrected chi connectivity index (χ0v) is 11.8. The molecular formula is C12H15N3O4S. The van der Waals surface area contributed by atoms with Gasteiger partial charge in [0.05, 0.1) is 15.9 Å². The number of sulfonamides is 1. The predicted octanol–water partition coefficient (Wildman–Crippen LogP) is 1.88. The molecule has 20 heavy (non-hydrogen) atoms. The molecule has 1 aromatic carbocycles. The average Bonchev–Trinajstić information content (AvgIpc) is 2.38. The van der Waals surface area contributed by atoms with E-state index in [4.69, 9.17) is 5.26 Å². The van der Waals surface area contributed by atoms with Gasteiger partial charge in [0.1, 0.15) is 0 Å². The highest BCUT2D eigenvalue weighted by molar-refractivity contribution is 7.89. The number of nitro benzene ring substituents is 1. The molecule has 0 amide bonds. The lowest BCUT2D eigenvalue weighted by atomic mass is 10.2. The van der Waals surface area contributed by atoms with Crippen LogP contribution in [0, 0.1) is 28.4 Å². The van der Waals surface area contributed by atoms with Crippen molar-refractivity contribution in [3.8, 4) is 6.07 Å². The molecule has 0 saturated heterocycles. The molecule has 1 rings (SSSR count). The van der Waals surface area contributed by atoms with E-state index in [-0.39, 0.29) is 17.1 Å². The standard InChI is InChI=1S/C12H15N3O4S/c1-10-5-6-11(9-12(10)15(16)17)20(18,19)14-8-4-2-3-7-13/h5-6,9,14H,2-4,8H2,1H3. The summed E-state index contributed by atoms with van der Waals surface area (Å²) in [7, 11) is -3.76. The van der Waals surface area contributed by atoms with Gasteiger partial charge in [-0.05, 0) is 25.8 Å². The van der Waals surface area contributed by atoms with Crippen LogP contribution in [0.3, 0.4) is 0 Å². The number of nitriles is 1. The van der Waals surface area contributed by atoms with E-state index >= 15 is 0 Å². The van der Waals surface area contributed by atoms with E-state index in [1.54, 1.807) is 6.92 Å². The number of aryl methyl sites for hydroxylation is 1. The summed E-state index contributed by atoms with van der Waals surface area (Å²) < 4.78 is 26.3. The molecule has 0 saturated carbocycles. The second-order valence-corrected chi connectivity index (χ2v) is 5.99. The Bertz CT molecular complexity index is 635. The van der Waals surface area contributed by atoms with Crippen LogP contribution in [0.5, 0.6) is 0 Å². The summed E-state index contributed by atoms with van der Waals surface area (Å²) in [6, 6.07) is 5.76. The molecule has 0 aromatic heterocycles. The summed E-state index contributed by atoms with van der Waals surface area (Å²) in [4.78, 5) is 10.1. The molecule has 0 radical (unpaired) electrons. The molecule has 1 aromatic rings. The Kier molecular flexibility index (Phi) is 5.61. The largest absolute Gasteiger partial charge is 0.273 e. The summed E-state index contributed by atoms with van der Waals surface area (Å²) >= 11 is 0. The number of hydrogen-bond donors (Lipinski definition) is 1. The van der Waals surface area contributed by atoms with Gasteiger partial charge in [0.2, 0.25) is 10.0 Å². The van der Waals surface area contributed by atoms with Crippen molar-refractivity contribution in [1.29, 1.82) is 5.26 Å². The van der Waals surface area contributed by atoms with Gasteiger partial charge in [0.25, 0.3) is 5.69 Å². The summed E-state index contributed by atoms with van der Waals surface area (Å²) in [5, 5.41) is 19.2. The fourth-order valence-electron chi connectivity index (χ4n) is 1.57. The topological polar surface area (TPSA) is 113 Å². The van der Waals surface area contributed by atoms with Crippen LogP contribution in [0.1, 0.15) is 24.8 Å². The molecule has 0 fully saturated rings. The van der Waals surface area contributed by atoms with Gasteiger partial charge >= 0.3 is 0 Å². The molecule has 0 unspecified atom stereocenters. The van der Waals surface area contributed by atoms with E-state index in [1.807, 2.05) is 6.07 Å². The van der Waals surface area contributed by atoms with Crippen molar-refractivity contribution in [2.75, 3.05) is 6.54 Å². The minimum atomic E-state index is -3.76. The molecular weight excluding hydrogens is 282 g/mol. The van der Waals surface area contributed by atoms with Crippen LogP contribution in [0.4, 0.5) is 5.69 Å². The Morgan fingerprint density at radius 1 is 1.40 bits per heavy atom. The molecule has 0 atom stereocenters. The van der Waals surface area contributed by atoms with Gasteiger partial charge < -0.3 is 0 Å². The molecule has 0 heterocycles. The van der Waals surface area contributed by atoms with E-state index < -0.39 is 14.9 Å². The summed E-state index contributed by atoms with van der Waals surface area (Å²) in [6.45, 7) is 1.75. The molecule has 8 heteroatoms. The van der Waals surface area contributed by atoms with Crippen LogP contribution < -0.4 is 4.72 Å². The van der Waals surface area contributed by atoms with E-state index in [0.717, 1.165) is 6.07 Å². The monoisotopic (exact) mass is 297 g/mol. The van der Waals surface area contributed by atoms with E-state index in [0.29, 0.717) is 24.8 Å². The Morgan fingerprint density at radius 3 is 2.70 bits per heavy atom. The fraction of sp³-hybridized carbons (Fsp3) is 0.417. The highest BCUT2D eigenvalue weighted by Crippen LogP contribution is 2.21. The van der Waals surface area contributed by atoms with Crippen molar-refractivity contribution < 1.29 is 13.3 Å². The maximum atomic E-state index is 12.0. The maximum absolute atomic E-state index is 12.0. The first-order valence-electron chi connectivity index (χ1n) is 6.00. The highest BCUT2D eigenvalue weighted by atomic mass is 32.2. The first-order chi connectivity index (χ1) is 9.38. The molecule has 0 spiro atoms. The zero-order valence-electron chi connectivity index (χ0n) is 11.0. The minimum Gasteiger partial charge on any atom is -0.258 e. The number of nitrogens with zero attached hydrogens (tertiary/aromatic N) is 2. The molecule has 7 nitrogen and oxygen atoms in total. The first kappa shape index (κ1) is 16.1. The van der Waals surface area contributed by atoms with Crippen LogP contribution in [-0.4, -0.2) is 19.9 Å². The van der Waals surface area contributed by atoms with E-state index in [1.165, 1.54) is 12.1 Å². The van der Waals surface area contributed by atoms with Crippen molar-refractivity contribution in [3.05, 3.63) is 33.9 Å². The van der Waals surface area contributed by atoms with E-state index in [2.05, 4.69) is 4.72 Å². The third kappa shape index (κ3) is 4.29. The van der Waals surface area contributed by atoms with Crippen LogP contribution in [0.25, 0.3) is 0 Å². The fourth-order valence-corrected chi connectivity index (χ4v) is 2.67. The number of nitrogens with one attached hydrogen (secondary N) is 1. The smallest absolute Gasteiger partial charge is 0.258 e. The van der Waals surface area contributed by atoms with Crippen molar-refractivity contribution in [2.24, 2.45) is 0 Å². The van der Waals surface area contributed by atoms with Gasteiger partial charge in [-0.25, -0.2) is 13.1 Å². The van der Waals surface area contributed by atoms with Gasteiger partial charge in [-0.15, -0.1) is 0 Å². The third-order valence-electron chi connectivity index (χ3n) is 2.70. The number of benzene rings is 1.